The Morgan fingerprint density at radius 3 is 2.92 bits per heavy atom. The number of hydrogen-bond donors (Lipinski definition) is 2. The minimum Gasteiger partial charge on any atom is -0.496 e. The van der Waals surface area contributed by atoms with Crippen molar-refractivity contribution < 1.29 is 14.9 Å². The number of benzene rings is 1. The Labute approximate surface area is 142 Å². The van der Waals surface area contributed by atoms with E-state index in [-0.39, 0.29) is 6.61 Å². The van der Waals surface area contributed by atoms with Crippen molar-refractivity contribution in [3.05, 3.63) is 47.8 Å². The van der Waals surface area contributed by atoms with E-state index in [2.05, 4.69) is 22.1 Å². The van der Waals surface area contributed by atoms with Gasteiger partial charge in [0, 0.05) is 31.0 Å². The van der Waals surface area contributed by atoms with Gasteiger partial charge in [-0.2, -0.15) is 5.10 Å². The third kappa shape index (κ3) is 3.95. The monoisotopic (exact) mass is 331 g/mol. The van der Waals surface area contributed by atoms with Crippen LogP contribution < -0.4 is 4.74 Å². The fourth-order valence-electron chi connectivity index (χ4n) is 3.35. The van der Waals surface area contributed by atoms with Crippen molar-refractivity contribution in [1.29, 1.82) is 0 Å². The molecule has 2 N–H and O–H groups in total. The fraction of sp³-hybridized carbons (Fsp3) is 0.500. The molecule has 1 aromatic carbocycles. The van der Waals surface area contributed by atoms with Gasteiger partial charge in [-0.3, -0.25) is 9.58 Å². The van der Waals surface area contributed by atoms with Crippen LogP contribution in [-0.4, -0.2) is 57.3 Å². The molecular formula is C18H25N3O3. The molecule has 1 aliphatic rings. The standard InChI is InChI=1S/C18H25N3O3/c1-24-17-5-4-15(10-16(17)12-21-9-3-7-19-21)11-20-8-2-6-18(23,13-20)14-22/h3-5,7,9-10,22-23H,2,6,8,11-14H2,1H3. The Kier molecular flexibility index (Phi) is 5.18. The summed E-state index contributed by atoms with van der Waals surface area (Å²) in [7, 11) is 1.67. The van der Waals surface area contributed by atoms with Crippen molar-refractivity contribution in [2.45, 2.75) is 31.5 Å². The molecule has 1 fully saturated rings. The molecule has 6 heteroatoms. The number of methoxy groups -OCH3 is 1. The molecule has 0 amide bonds. The summed E-state index contributed by atoms with van der Waals surface area (Å²) in [6.07, 6.45) is 5.25. The molecule has 1 aromatic heterocycles. The van der Waals surface area contributed by atoms with Gasteiger partial charge in [0.2, 0.25) is 0 Å². The van der Waals surface area contributed by atoms with Crippen LogP contribution in [0.3, 0.4) is 0 Å². The lowest BCUT2D eigenvalue weighted by molar-refractivity contribution is -0.0687. The Balaban J connectivity index is 1.74. The van der Waals surface area contributed by atoms with Crippen molar-refractivity contribution in [3.63, 3.8) is 0 Å². The third-order valence-corrected chi connectivity index (χ3v) is 4.57. The maximum Gasteiger partial charge on any atom is 0.123 e. The van der Waals surface area contributed by atoms with Crippen molar-refractivity contribution in [3.8, 4) is 5.75 Å². The maximum atomic E-state index is 10.3. The van der Waals surface area contributed by atoms with Gasteiger partial charge < -0.3 is 14.9 Å². The molecule has 0 saturated carbocycles. The number of aliphatic hydroxyl groups is 2. The molecule has 6 nitrogen and oxygen atoms in total. The van der Waals surface area contributed by atoms with Crippen LogP contribution in [0.1, 0.15) is 24.0 Å². The highest BCUT2D eigenvalue weighted by Gasteiger charge is 2.32. The van der Waals surface area contributed by atoms with Crippen LogP contribution in [0.15, 0.2) is 36.7 Å². The summed E-state index contributed by atoms with van der Waals surface area (Å²) >= 11 is 0. The lowest BCUT2D eigenvalue weighted by Gasteiger charge is -2.38. The predicted molar refractivity (Wildman–Crippen MR) is 90.9 cm³/mol. The number of aromatic nitrogens is 2. The van der Waals surface area contributed by atoms with Gasteiger partial charge in [-0.15, -0.1) is 0 Å². The lowest BCUT2D eigenvalue weighted by Crippen LogP contribution is -2.50. The zero-order valence-corrected chi connectivity index (χ0v) is 14.1. The number of aliphatic hydroxyl groups excluding tert-OH is 1. The highest BCUT2D eigenvalue weighted by Crippen LogP contribution is 2.25. The Bertz CT molecular complexity index is 660. The summed E-state index contributed by atoms with van der Waals surface area (Å²) in [6, 6.07) is 8.07. The Morgan fingerprint density at radius 1 is 1.33 bits per heavy atom. The second-order valence-corrected chi connectivity index (χ2v) is 6.55. The number of ether oxygens (including phenoxy) is 1. The maximum absolute atomic E-state index is 10.3. The zero-order valence-electron chi connectivity index (χ0n) is 14.1. The molecule has 1 aliphatic heterocycles. The van der Waals surface area contributed by atoms with E-state index in [0.29, 0.717) is 19.5 Å². The first-order valence-electron chi connectivity index (χ1n) is 8.31. The van der Waals surface area contributed by atoms with Gasteiger partial charge in [-0.25, -0.2) is 0 Å². The van der Waals surface area contributed by atoms with Crippen molar-refractivity contribution in [2.24, 2.45) is 0 Å². The molecule has 2 heterocycles. The largest absolute Gasteiger partial charge is 0.496 e. The highest BCUT2D eigenvalue weighted by atomic mass is 16.5. The lowest BCUT2D eigenvalue weighted by atomic mass is 9.93. The van der Waals surface area contributed by atoms with E-state index in [0.717, 1.165) is 30.8 Å². The topological polar surface area (TPSA) is 70.8 Å². The average Bonchev–Trinajstić information content (AvgIpc) is 3.08. The number of nitrogens with zero attached hydrogens (tertiary/aromatic N) is 3. The molecule has 1 unspecified atom stereocenters. The minimum atomic E-state index is -0.970. The molecule has 0 radical (unpaired) electrons. The van der Waals surface area contributed by atoms with Crippen LogP contribution in [0.2, 0.25) is 0 Å². The van der Waals surface area contributed by atoms with Gasteiger partial charge in [0.05, 0.1) is 20.3 Å². The van der Waals surface area contributed by atoms with E-state index in [9.17, 15) is 10.2 Å². The second-order valence-electron chi connectivity index (χ2n) is 6.55. The second kappa shape index (κ2) is 7.34. The van der Waals surface area contributed by atoms with Gasteiger partial charge in [0.15, 0.2) is 0 Å². The summed E-state index contributed by atoms with van der Waals surface area (Å²) < 4.78 is 7.33. The van der Waals surface area contributed by atoms with Gasteiger partial charge in [-0.1, -0.05) is 6.07 Å². The van der Waals surface area contributed by atoms with Crippen molar-refractivity contribution >= 4 is 0 Å². The van der Waals surface area contributed by atoms with Gasteiger partial charge in [-0.05, 0) is 43.1 Å². The number of hydrogen-bond acceptors (Lipinski definition) is 5. The normalized spacial score (nSPS) is 21.8. The van der Waals surface area contributed by atoms with Gasteiger partial charge >= 0.3 is 0 Å². The molecule has 2 aromatic rings. The van der Waals surface area contributed by atoms with E-state index in [1.165, 1.54) is 5.56 Å². The number of β-amino-alcohol motifs (C(OH)–C–C–N with tert-alkyl or cyclic N) is 1. The Hall–Kier alpha value is -1.89. The van der Waals surface area contributed by atoms with Crippen LogP contribution in [0.5, 0.6) is 5.75 Å². The quantitative estimate of drug-likeness (QED) is 0.834. The number of rotatable bonds is 6. The van der Waals surface area contributed by atoms with Crippen LogP contribution in [0.25, 0.3) is 0 Å². The van der Waals surface area contributed by atoms with E-state index in [1.54, 1.807) is 13.3 Å². The van der Waals surface area contributed by atoms with E-state index in [1.807, 2.05) is 23.0 Å². The van der Waals surface area contributed by atoms with Crippen LogP contribution in [0, 0.1) is 0 Å². The molecule has 1 saturated heterocycles. The Morgan fingerprint density at radius 2 is 2.21 bits per heavy atom. The molecule has 1 atom stereocenters. The summed E-state index contributed by atoms with van der Waals surface area (Å²) in [5.74, 6) is 0.847. The van der Waals surface area contributed by atoms with Crippen LogP contribution in [0.4, 0.5) is 0 Å². The fourth-order valence-corrected chi connectivity index (χ4v) is 3.35. The van der Waals surface area contributed by atoms with Crippen LogP contribution >= 0.6 is 0 Å². The summed E-state index contributed by atoms with van der Waals surface area (Å²) in [5, 5.41) is 24.0. The van der Waals surface area contributed by atoms with Gasteiger partial charge in [0.1, 0.15) is 11.4 Å². The van der Waals surface area contributed by atoms with Crippen molar-refractivity contribution in [2.75, 3.05) is 26.8 Å². The first kappa shape index (κ1) is 17.0. The zero-order chi connectivity index (χ0) is 17.0. The SMILES string of the molecule is COc1ccc(CN2CCCC(O)(CO)C2)cc1Cn1cccn1. The highest BCUT2D eigenvalue weighted by molar-refractivity contribution is 5.37. The predicted octanol–water partition coefficient (Wildman–Crippen LogP) is 1.26. The molecule has 0 spiro atoms. The molecule has 130 valence electrons. The molecule has 0 bridgehead atoms. The smallest absolute Gasteiger partial charge is 0.123 e. The van der Waals surface area contributed by atoms with E-state index in [4.69, 9.17) is 4.74 Å². The average molecular weight is 331 g/mol. The first-order chi connectivity index (χ1) is 11.6. The van der Waals surface area contributed by atoms with E-state index >= 15 is 0 Å². The van der Waals surface area contributed by atoms with E-state index < -0.39 is 5.60 Å². The minimum absolute atomic E-state index is 0.184. The van der Waals surface area contributed by atoms with Crippen LogP contribution in [-0.2, 0) is 13.1 Å². The molecular weight excluding hydrogens is 306 g/mol. The first-order valence-corrected chi connectivity index (χ1v) is 8.31. The van der Waals surface area contributed by atoms with Gasteiger partial charge in [0.25, 0.3) is 0 Å². The summed E-state index contributed by atoms with van der Waals surface area (Å²) in [6.45, 7) is 2.66. The number of piperidine rings is 1. The molecule has 0 aliphatic carbocycles. The third-order valence-electron chi connectivity index (χ3n) is 4.57. The molecule has 24 heavy (non-hydrogen) atoms. The number of likely N-dealkylation sites (tertiary alicyclic amines) is 1. The van der Waals surface area contributed by atoms with Crippen molar-refractivity contribution in [1.82, 2.24) is 14.7 Å². The molecule has 3 rings (SSSR count). The summed E-state index contributed by atoms with van der Waals surface area (Å²) in [4.78, 5) is 2.19. The summed E-state index contributed by atoms with van der Waals surface area (Å²) in [5.41, 5.74) is 1.27.